The van der Waals surface area contributed by atoms with Gasteiger partial charge in [-0.25, -0.2) is 4.79 Å². The molecule has 2 aromatic rings. The van der Waals surface area contributed by atoms with Gasteiger partial charge >= 0.3 is 6.03 Å². The quantitative estimate of drug-likeness (QED) is 0.636. The predicted molar refractivity (Wildman–Crippen MR) is 107 cm³/mol. The Labute approximate surface area is 162 Å². The minimum atomic E-state index is -0.353. The average Bonchev–Trinajstić information content (AvgIpc) is 2.88. The van der Waals surface area contributed by atoms with E-state index >= 15 is 0 Å². The number of hydrogen-bond acceptors (Lipinski definition) is 2. The molecule has 0 spiro atoms. The first-order chi connectivity index (χ1) is 12.6. The van der Waals surface area contributed by atoms with Gasteiger partial charge in [-0.15, -0.1) is 0 Å². The number of halogens is 1. The third-order valence-corrected chi connectivity index (χ3v) is 5.48. The zero-order valence-electron chi connectivity index (χ0n) is 14.6. The van der Waals surface area contributed by atoms with Crippen LogP contribution in [0.5, 0.6) is 0 Å². The molecule has 3 rings (SSSR count). The van der Waals surface area contributed by atoms with Gasteiger partial charge in [0.15, 0.2) is 0 Å². The normalized spacial score (nSPS) is 16.2. The zero-order valence-corrected chi connectivity index (χ0v) is 16.2. The number of rotatable bonds is 3. The molecule has 0 atom stereocenters. The molecule has 5 heteroatoms. The summed E-state index contributed by atoms with van der Waals surface area (Å²) in [7, 11) is 0. The number of hydrogen-bond donors (Lipinski definition) is 2. The minimum absolute atomic E-state index is 0.232. The van der Waals surface area contributed by atoms with E-state index in [4.69, 9.17) is 5.26 Å². The molecule has 0 radical (unpaired) electrons. The summed E-state index contributed by atoms with van der Waals surface area (Å²) in [6.45, 7) is 0. The lowest BCUT2D eigenvalue weighted by Crippen LogP contribution is -2.47. The maximum atomic E-state index is 12.7. The lowest BCUT2D eigenvalue weighted by atomic mass is 9.83. The topological polar surface area (TPSA) is 64.9 Å². The van der Waals surface area contributed by atoms with E-state index in [9.17, 15) is 4.79 Å². The Morgan fingerprint density at radius 3 is 2.38 bits per heavy atom. The lowest BCUT2D eigenvalue weighted by Gasteiger charge is -2.34. The number of carbonyl (C=O) groups excluding carboxylic acids is 1. The molecule has 1 aliphatic rings. The van der Waals surface area contributed by atoms with Gasteiger partial charge in [0, 0.05) is 10.2 Å². The summed E-state index contributed by atoms with van der Waals surface area (Å²) in [6, 6.07) is 17.1. The number of urea groups is 1. The second kappa shape index (κ2) is 8.37. The number of nitrogens with zero attached hydrogens (tertiary/aromatic N) is 1. The van der Waals surface area contributed by atoms with Crippen molar-refractivity contribution in [2.24, 2.45) is 0 Å². The van der Waals surface area contributed by atoms with Gasteiger partial charge in [-0.3, -0.25) is 0 Å². The summed E-state index contributed by atoms with van der Waals surface area (Å²) in [5.41, 5.74) is 1.94. The first-order valence-electron chi connectivity index (χ1n) is 8.97. The van der Waals surface area contributed by atoms with Crippen molar-refractivity contribution in [1.29, 1.82) is 5.26 Å². The highest BCUT2D eigenvalue weighted by molar-refractivity contribution is 9.10. The molecule has 0 heterocycles. The van der Waals surface area contributed by atoms with E-state index in [-0.39, 0.29) is 11.6 Å². The minimum Gasteiger partial charge on any atom is -0.328 e. The first kappa shape index (κ1) is 18.5. The van der Waals surface area contributed by atoms with Gasteiger partial charge in [-0.1, -0.05) is 59.8 Å². The molecular weight excluding hydrogens is 390 g/mol. The molecule has 4 nitrogen and oxygen atoms in total. The average molecular weight is 412 g/mol. The SMILES string of the molecule is N#Cc1cccc(NC(=O)NC2(c3ccc(Br)cc3)CCCCCC2)c1. The lowest BCUT2D eigenvalue weighted by molar-refractivity contribution is 0.229. The summed E-state index contributed by atoms with van der Waals surface area (Å²) in [4.78, 5) is 12.7. The van der Waals surface area contributed by atoms with Crippen molar-refractivity contribution in [3.63, 3.8) is 0 Å². The van der Waals surface area contributed by atoms with Crippen LogP contribution in [0.1, 0.15) is 49.7 Å². The second-order valence-electron chi connectivity index (χ2n) is 6.77. The first-order valence-corrected chi connectivity index (χ1v) is 9.76. The smallest absolute Gasteiger partial charge is 0.319 e. The summed E-state index contributed by atoms with van der Waals surface area (Å²) in [6.07, 6.45) is 6.46. The van der Waals surface area contributed by atoms with Gasteiger partial charge in [0.05, 0.1) is 17.2 Å². The Morgan fingerprint density at radius 2 is 1.73 bits per heavy atom. The second-order valence-corrected chi connectivity index (χ2v) is 7.69. The van der Waals surface area contributed by atoms with Crippen LogP contribution in [0.3, 0.4) is 0 Å². The fraction of sp³-hybridized carbons (Fsp3) is 0.333. The molecule has 1 aliphatic carbocycles. The molecule has 1 fully saturated rings. The van der Waals surface area contributed by atoms with E-state index in [1.165, 1.54) is 12.8 Å². The van der Waals surface area contributed by atoms with Crippen LogP contribution in [0.15, 0.2) is 53.0 Å². The van der Waals surface area contributed by atoms with Crippen LogP contribution in [-0.4, -0.2) is 6.03 Å². The van der Waals surface area contributed by atoms with E-state index in [2.05, 4.69) is 44.8 Å². The third kappa shape index (κ3) is 4.44. The molecule has 0 bridgehead atoms. The number of amides is 2. The Bertz CT molecular complexity index is 803. The van der Waals surface area contributed by atoms with Crippen LogP contribution in [-0.2, 0) is 5.54 Å². The Morgan fingerprint density at radius 1 is 1.04 bits per heavy atom. The summed E-state index contributed by atoms with van der Waals surface area (Å²) >= 11 is 3.49. The standard InChI is InChI=1S/C21H22BrN3O/c22-18-10-8-17(9-11-18)21(12-3-1-2-4-13-21)25-20(26)24-19-7-5-6-16(14-19)15-23/h5-11,14H,1-4,12-13H2,(H2,24,25,26). The number of anilines is 1. The van der Waals surface area contributed by atoms with E-state index < -0.39 is 0 Å². The summed E-state index contributed by atoms with van der Waals surface area (Å²) in [5.74, 6) is 0. The highest BCUT2D eigenvalue weighted by Crippen LogP contribution is 2.36. The molecule has 0 aromatic heterocycles. The molecular formula is C21H22BrN3O. The molecule has 0 saturated heterocycles. The zero-order chi connectivity index (χ0) is 18.4. The monoisotopic (exact) mass is 411 g/mol. The van der Waals surface area contributed by atoms with E-state index in [0.717, 1.165) is 35.7 Å². The van der Waals surface area contributed by atoms with E-state index in [1.807, 2.05) is 12.1 Å². The van der Waals surface area contributed by atoms with Crippen molar-refractivity contribution in [1.82, 2.24) is 5.32 Å². The van der Waals surface area contributed by atoms with Gasteiger partial charge in [0.1, 0.15) is 0 Å². The predicted octanol–water partition coefficient (Wildman–Crippen LogP) is 5.69. The summed E-state index contributed by atoms with van der Waals surface area (Å²) in [5, 5.41) is 15.1. The maximum Gasteiger partial charge on any atom is 0.319 e. The highest BCUT2D eigenvalue weighted by atomic mass is 79.9. The molecule has 134 valence electrons. The van der Waals surface area contributed by atoms with Crippen molar-refractivity contribution < 1.29 is 4.79 Å². The number of carbonyl (C=O) groups is 1. The van der Waals surface area contributed by atoms with Gasteiger partial charge in [-0.2, -0.15) is 5.26 Å². The van der Waals surface area contributed by atoms with E-state index in [1.54, 1.807) is 24.3 Å². The van der Waals surface area contributed by atoms with Crippen molar-refractivity contribution in [2.45, 2.75) is 44.1 Å². The van der Waals surface area contributed by atoms with Crippen LogP contribution in [0.2, 0.25) is 0 Å². The Kier molecular flexibility index (Phi) is 5.95. The maximum absolute atomic E-state index is 12.7. The van der Waals surface area contributed by atoms with Crippen LogP contribution in [0.4, 0.5) is 10.5 Å². The molecule has 2 aromatic carbocycles. The van der Waals surface area contributed by atoms with Crippen molar-refractivity contribution in [2.75, 3.05) is 5.32 Å². The Hall–Kier alpha value is -2.32. The van der Waals surface area contributed by atoms with Crippen molar-refractivity contribution in [3.05, 3.63) is 64.1 Å². The van der Waals surface area contributed by atoms with E-state index in [0.29, 0.717) is 11.3 Å². The molecule has 26 heavy (non-hydrogen) atoms. The number of nitriles is 1. The molecule has 0 aliphatic heterocycles. The van der Waals surface area contributed by atoms with Crippen LogP contribution in [0, 0.1) is 11.3 Å². The number of benzene rings is 2. The Balaban J connectivity index is 1.82. The largest absolute Gasteiger partial charge is 0.328 e. The highest BCUT2D eigenvalue weighted by Gasteiger charge is 2.34. The molecule has 1 saturated carbocycles. The molecule has 2 N–H and O–H groups in total. The van der Waals surface area contributed by atoms with Gasteiger partial charge in [0.2, 0.25) is 0 Å². The van der Waals surface area contributed by atoms with Gasteiger partial charge in [-0.05, 0) is 48.7 Å². The van der Waals surface area contributed by atoms with Crippen LogP contribution in [0.25, 0.3) is 0 Å². The van der Waals surface area contributed by atoms with Gasteiger partial charge < -0.3 is 10.6 Å². The number of nitrogens with one attached hydrogen (secondary N) is 2. The third-order valence-electron chi connectivity index (χ3n) is 4.96. The van der Waals surface area contributed by atoms with Crippen LogP contribution >= 0.6 is 15.9 Å². The fourth-order valence-electron chi connectivity index (χ4n) is 3.63. The molecule has 0 unspecified atom stereocenters. The van der Waals surface area contributed by atoms with Crippen molar-refractivity contribution in [3.8, 4) is 6.07 Å². The molecule has 2 amide bonds. The van der Waals surface area contributed by atoms with Crippen molar-refractivity contribution >= 4 is 27.6 Å². The van der Waals surface area contributed by atoms with Crippen LogP contribution < -0.4 is 10.6 Å². The fourth-order valence-corrected chi connectivity index (χ4v) is 3.90. The van der Waals surface area contributed by atoms with Gasteiger partial charge in [0.25, 0.3) is 0 Å². The summed E-state index contributed by atoms with van der Waals surface area (Å²) < 4.78 is 1.03.